The van der Waals surface area contributed by atoms with Gasteiger partial charge >= 0.3 is 0 Å². The minimum absolute atomic E-state index is 0.0516. The molecule has 4 nitrogen and oxygen atoms in total. The van der Waals surface area contributed by atoms with Gasteiger partial charge in [0.2, 0.25) is 5.91 Å². The lowest BCUT2D eigenvalue weighted by Crippen LogP contribution is -2.33. The van der Waals surface area contributed by atoms with Crippen molar-refractivity contribution in [3.8, 4) is 0 Å². The highest BCUT2D eigenvalue weighted by Gasteiger charge is 2.23. The van der Waals surface area contributed by atoms with Crippen LogP contribution in [0.25, 0.3) is 0 Å². The quantitative estimate of drug-likeness (QED) is 0.933. The Labute approximate surface area is 119 Å². The number of amides is 2. The summed E-state index contributed by atoms with van der Waals surface area (Å²) in [7, 11) is 0. The number of thioether (sulfide) groups is 1. The topological polar surface area (TPSA) is 49.4 Å². The number of hydrogen-bond acceptors (Lipinski definition) is 3. The largest absolute Gasteiger partial charge is 0.324 e. The maximum atomic E-state index is 11.7. The van der Waals surface area contributed by atoms with Gasteiger partial charge in [-0.1, -0.05) is 35.0 Å². The molecule has 1 aromatic rings. The first-order chi connectivity index (χ1) is 8.54. The summed E-state index contributed by atoms with van der Waals surface area (Å²) < 4.78 is 0. The van der Waals surface area contributed by atoms with E-state index in [0.29, 0.717) is 22.3 Å². The number of anilines is 1. The van der Waals surface area contributed by atoms with Gasteiger partial charge < -0.3 is 10.2 Å². The molecule has 0 unspecified atom stereocenters. The van der Waals surface area contributed by atoms with Gasteiger partial charge in [-0.3, -0.25) is 9.59 Å². The van der Waals surface area contributed by atoms with Gasteiger partial charge in [-0.2, -0.15) is 0 Å². The Bertz CT molecular complexity index is 476. The van der Waals surface area contributed by atoms with E-state index in [0.717, 1.165) is 5.75 Å². The number of nitrogens with one attached hydrogen (secondary N) is 1. The van der Waals surface area contributed by atoms with E-state index in [4.69, 9.17) is 23.2 Å². The van der Waals surface area contributed by atoms with Crippen LogP contribution in [0, 0.1) is 0 Å². The van der Waals surface area contributed by atoms with Gasteiger partial charge in [0.25, 0.3) is 5.24 Å². The molecule has 2 amide bonds. The molecular weight excluding hydrogens is 295 g/mol. The monoisotopic (exact) mass is 304 g/mol. The average Bonchev–Trinajstić information content (AvgIpc) is 2.62. The minimum Gasteiger partial charge on any atom is -0.324 e. The van der Waals surface area contributed by atoms with Crippen LogP contribution in [0.15, 0.2) is 18.2 Å². The summed E-state index contributed by atoms with van der Waals surface area (Å²) in [5.74, 6) is 0.471. The van der Waals surface area contributed by atoms with Crippen molar-refractivity contribution >= 4 is 51.8 Å². The highest BCUT2D eigenvalue weighted by atomic mass is 35.5. The molecule has 1 aromatic carbocycles. The van der Waals surface area contributed by atoms with Crippen molar-refractivity contribution in [2.45, 2.75) is 0 Å². The van der Waals surface area contributed by atoms with E-state index in [1.807, 2.05) is 0 Å². The second kappa shape index (κ2) is 5.82. The maximum absolute atomic E-state index is 11.7. The van der Waals surface area contributed by atoms with Gasteiger partial charge in [0, 0.05) is 28.0 Å². The Kier molecular flexibility index (Phi) is 4.37. The molecule has 0 radical (unpaired) electrons. The van der Waals surface area contributed by atoms with Crippen molar-refractivity contribution in [2.24, 2.45) is 0 Å². The van der Waals surface area contributed by atoms with Gasteiger partial charge in [-0.15, -0.1) is 0 Å². The lowest BCUT2D eigenvalue weighted by Gasteiger charge is -2.14. The van der Waals surface area contributed by atoms with Crippen LogP contribution >= 0.6 is 35.0 Å². The van der Waals surface area contributed by atoms with Crippen LogP contribution < -0.4 is 5.32 Å². The molecule has 7 heteroatoms. The third-order valence-corrected chi connectivity index (χ3v) is 3.65. The minimum atomic E-state index is -0.260. The lowest BCUT2D eigenvalue weighted by molar-refractivity contribution is -0.116. The predicted octanol–water partition coefficient (Wildman–Crippen LogP) is 3.10. The SMILES string of the molecule is O=C(CN1CCSC1=O)Nc1cc(Cl)cc(Cl)c1. The van der Waals surface area contributed by atoms with Crippen molar-refractivity contribution in [2.75, 3.05) is 24.2 Å². The van der Waals surface area contributed by atoms with Crippen molar-refractivity contribution in [1.82, 2.24) is 4.90 Å². The summed E-state index contributed by atoms with van der Waals surface area (Å²) in [6.45, 7) is 0.656. The summed E-state index contributed by atoms with van der Waals surface area (Å²) >= 11 is 12.9. The fraction of sp³-hybridized carbons (Fsp3) is 0.273. The zero-order valence-electron chi connectivity index (χ0n) is 9.28. The van der Waals surface area contributed by atoms with Gasteiger partial charge in [-0.05, 0) is 18.2 Å². The average molecular weight is 305 g/mol. The van der Waals surface area contributed by atoms with Gasteiger partial charge in [0.15, 0.2) is 0 Å². The Balaban J connectivity index is 1.96. The molecule has 96 valence electrons. The number of nitrogens with zero attached hydrogens (tertiary/aromatic N) is 1. The highest BCUT2D eigenvalue weighted by molar-refractivity contribution is 8.13. The first-order valence-corrected chi connectivity index (χ1v) is 6.96. The Morgan fingerprint density at radius 3 is 2.56 bits per heavy atom. The van der Waals surface area contributed by atoms with Crippen LogP contribution in [0.2, 0.25) is 10.0 Å². The number of rotatable bonds is 3. The van der Waals surface area contributed by atoms with Gasteiger partial charge in [-0.25, -0.2) is 0 Å². The maximum Gasteiger partial charge on any atom is 0.282 e. The molecular formula is C11H10Cl2N2O2S. The lowest BCUT2D eigenvalue weighted by atomic mass is 10.3. The fourth-order valence-electron chi connectivity index (χ4n) is 1.57. The summed E-state index contributed by atoms with van der Waals surface area (Å²) in [4.78, 5) is 24.6. The molecule has 1 aliphatic heterocycles. The molecule has 0 aliphatic carbocycles. The third kappa shape index (κ3) is 3.54. The van der Waals surface area contributed by atoms with E-state index in [1.165, 1.54) is 16.7 Å². The molecule has 0 aromatic heterocycles. The van der Waals surface area contributed by atoms with Crippen molar-refractivity contribution in [3.05, 3.63) is 28.2 Å². The summed E-state index contributed by atoms with van der Waals surface area (Å²) in [5, 5.41) is 3.50. The Hall–Kier alpha value is -0.910. The number of benzene rings is 1. The predicted molar refractivity (Wildman–Crippen MR) is 74.5 cm³/mol. The van der Waals surface area contributed by atoms with Crippen LogP contribution in [0.4, 0.5) is 10.5 Å². The zero-order valence-corrected chi connectivity index (χ0v) is 11.6. The number of carbonyl (C=O) groups excluding carboxylic acids is 2. The Morgan fingerprint density at radius 1 is 1.33 bits per heavy atom. The molecule has 1 aliphatic rings. The molecule has 0 bridgehead atoms. The summed E-state index contributed by atoms with van der Waals surface area (Å²) in [6, 6.07) is 4.79. The van der Waals surface area contributed by atoms with Crippen molar-refractivity contribution in [3.63, 3.8) is 0 Å². The standard InChI is InChI=1S/C11H10Cl2N2O2S/c12-7-3-8(13)5-9(4-7)14-10(16)6-15-1-2-18-11(15)17/h3-5H,1-2,6H2,(H,14,16). The van der Waals surface area contributed by atoms with Crippen molar-refractivity contribution in [1.29, 1.82) is 0 Å². The Morgan fingerprint density at radius 2 is 2.00 bits per heavy atom. The number of halogens is 2. The van der Waals surface area contributed by atoms with E-state index in [2.05, 4.69) is 5.32 Å². The smallest absolute Gasteiger partial charge is 0.282 e. The van der Waals surface area contributed by atoms with Crippen LogP contribution in [0.3, 0.4) is 0 Å². The molecule has 1 fully saturated rings. The van der Waals surface area contributed by atoms with Gasteiger partial charge in [0.05, 0.1) is 0 Å². The van der Waals surface area contributed by atoms with E-state index in [9.17, 15) is 9.59 Å². The molecule has 0 saturated carbocycles. The van der Waals surface area contributed by atoms with Crippen LogP contribution in [0.5, 0.6) is 0 Å². The second-order valence-corrected chi connectivity index (χ2v) is 5.66. The molecule has 1 N–H and O–H groups in total. The van der Waals surface area contributed by atoms with Crippen LogP contribution in [0.1, 0.15) is 0 Å². The normalized spacial score (nSPS) is 15.0. The highest BCUT2D eigenvalue weighted by Crippen LogP contribution is 2.22. The van der Waals surface area contributed by atoms with E-state index in [1.54, 1.807) is 18.2 Å². The number of hydrogen-bond donors (Lipinski definition) is 1. The van der Waals surface area contributed by atoms with E-state index >= 15 is 0 Å². The van der Waals surface area contributed by atoms with E-state index < -0.39 is 0 Å². The first-order valence-electron chi connectivity index (χ1n) is 5.22. The molecule has 1 saturated heterocycles. The summed E-state index contributed by atoms with van der Waals surface area (Å²) in [5.41, 5.74) is 0.525. The van der Waals surface area contributed by atoms with Gasteiger partial charge in [0.1, 0.15) is 6.54 Å². The molecule has 0 spiro atoms. The van der Waals surface area contributed by atoms with E-state index in [-0.39, 0.29) is 17.7 Å². The second-order valence-electron chi connectivity index (χ2n) is 3.74. The molecule has 18 heavy (non-hydrogen) atoms. The first kappa shape index (κ1) is 13.5. The van der Waals surface area contributed by atoms with Crippen molar-refractivity contribution < 1.29 is 9.59 Å². The number of carbonyl (C=O) groups is 2. The zero-order chi connectivity index (χ0) is 13.1. The van der Waals surface area contributed by atoms with Crippen LogP contribution in [-0.4, -0.2) is 34.9 Å². The third-order valence-electron chi connectivity index (χ3n) is 2.33. The van der Waals surface area contributed by atoms with Crippen LogP contribution in [-0.2, 0) is 4.79 Å². The molecule has 1 heterocycles. The summed E-state index contributed by atoms with van der Waals surface area (Å²) in [6.07, 6.45) is 0. The molecule has 0 atom stereocenters. The fourth-order valence-corrected chi connectivity index (χ4v) is 2.92. The molecule has 2 rings (SSSR count).